The summed E-state index contributed by atoms with van der Waals surface area (Å²) in [6, 6.07) is 7.00. The Labute approximate surface area is 142 Å². The zero-order valence-electron chi connectivity index (χ0n) is 13.4. The normalized spacial score (nSPS) is 13.6. The van der Waals surface area contributed by atoms with Gasteiger partial charge in [0, 0.05) is 19.2 Å². The van der Waals surface area contributed by atoms with Crippen LogP contribution in [0, 0.1) is 17.5 Å². The molecule has 0 bridgehead atoms. The fourth-order valence-corrected chi connectivity index (χ4v) is 2.82. The van der Waals surface area contributed by atoms with Gasteiger partial charge >= 0.3 is 0 Å². The molecule has 0 fully saturated rings. The van der Waals surface area contributed by atoms with E-state index >= 15 is 0 Å². The Morgan fingerprint density at radius 1 is 1.12 bits per heavy atom. The molecule has 7 heteroatoms. The van der Waals surface area contributed by atoms with Crippen LogP contribution < -0.4 is 10.2 Å². The van der Waals surface area contributed by atoms with Crippen molar-refractivity contribution < 1.29 is 22.8 Å². The summed E-state index contributed by atoms with van der Waals surface area (Å²) in [6.07, 6.45) is 0.939. The zero-order valence-corrected chi connectivity index (χ0v) is 13.4. The monoisotopic (exact) mass is 348 g/mol. The third-order valence-corrected chi connectivity index (χ3v) is 4.16. The Kier molecular flexibility index (Phi) is 4.48. The first-order valence-electron chi connectivity index (χ1n) is 7.68. The van der Waals surface area contributed by atoms with Gasteiger partial charge in [0.1, 0.15) is 0 Å². The van der Waals surface area contributed by atoms with Gasteiger partial charge in [-0.1, -0.05) is 12.1 Å². The maximum atomic E-state index is 13.6. The maximum Gasteiger partial charge on any atom is 0.228 e. The summed E-state index contributed by atoms with van der Waals surface area (Å²) in [5.74, 6) is -4.89. The highest BCUT2D eigenvalue weighted by molar-refractivity contribution is 5.96. The molecule has 0 radical (unpaired) electrons. The van der Waals surface area contributed by atoms with Crippen LogP contribution in [0.5, 0.6) is 0 Å². The van der Waals surface area contributed by atoms with Gasteiger partial charge in [0.2, 0.25) is 11.8 Å². The van der Waals surface area contributed by atoms with Gasteiger partial charge in [0.25, 0.3) is 0 Å². The zero-order chi connectivity index (χ0) is 18.1. The number of carbonyl (C=O) groups excluding carboxylic acids is 2. The van der Waals surface area contributed by atoms with E-state index in [4.69, 9.17) is 0 Å². The molecule has 3 rings (SSSR count). The van der Waals surface area contributed by atoms with Crippen molar-refractivity contribution in [3.05, 3.63) is 58.9 Å². The summed E-state index contributed by atoms with van der Waals surface area (Å²) in [5, 5.41) is 2.24. The number of rotatable bonds is 3. The van der Waals surface area contributed by atoms with Crippen molar-refractivity contribution in [1.29, 1.82) is 0 Å². The van der Waals surface area contributed by atoms with Gasteiger partial charge < -0.3 is 10.2 Å². The van der Waals surface area contributed by atoms with Crippen molar-refractivity contribution in [2.24, 2.45) is 0 Å². The molecule has 0 atom stereocenters. The summed E-state index contributed by atoms with van der Waals surface area (Å²) in [7, 11) is 1.69. The topological polar surface area (TPSA) is 49.4 Å². The van der Waals surface area contributed by atoms with Gasteiger partial charge in [0.15, 0.2) is 17.5 Å². The molecule has 0 aromatic heterocycles. The molecule has 0 saturated heterocycles. The summed E-state index contributed by atoms with van der Waals surface area (Å²) >= 11 is 0. The van der Waals surface area contributed by atoms with Crippen molar-refractivity contribution in [2.75, 3.05) is 17.3 Å². The molecule has 1 aliphatic heterocycles. The number of carbonyl (C=O) groups is 2. The van der Waals surface area contributed by atoms with E-state index in [0.29, 0.717) is 18.4 Å². The lowest BCUT2D eigenvalue weighted by Gasteiger charge is -2.26. The Morgan fingerprint density at radius 3 is 2.64 bits per heavy atom. The molecule has 0 saturated carbocycles. The number of nitrogens with one attached hydrogen (secondary N) is 1. The average molecular weight is 348 g/mol. The van der Waals surface area contributed by atoms with E-state index in [1.54, 1.807) is 24.1 Å². The SMILES string of the molecule is CN1C(=O)CCc2cc(CC(=O)Nc3ccc(F)c(F)c3F)ccc21. The largest absolute Gasteiger partial charge is 0.323 e. The lowest BCUT2D eigenvalue weighted by atomic mass is 9.98. The Bertz CT molecular complexity index is 868. The minimum Gasteiger partial charge on any atom is -0.323 e. The smallest absolute Gasteiger partial charge is 0.228 e. The molecule has 4 nitrogen and oxygen atoms in total. The van der Waals surface area contributed by atoms with E-state index in [0.717, 1.165) is 23.4 Å². The van der Waals surface area contributed by atoms with Crippen LogP contribution in [0.15, 0.2) is 30.3 Å². The first kappa shape index (κ1) is 17.0. The van der Waals surface area contributed by atoms with Crippen LogP contribution in [0.3, 0.4) is 0 Å². The molecule has 1 heterocycles. The van der Waals surface area contributed by atoms with Crippen LogP contribution >= 0.6 is 0 Å². The lowest BCUT2D eigenvalue weighted by Crippen LogP contribution is -2.31. The Hall–Kier alpha value is -2.83. The summed E-state index contributed by atoms with van der Waals surface area (Å²) in [6.45, 7) is 0. The first-order valence-corrected chi connectivity index (χ1v) is 7.68. The molecule has 1 aliphatic rings. The molecule has 2 aromatic rings. The second-order valence-corrected chi connectivity index (χ2v) is 5.86. The second kappa shape index (κ2) is 6.58. The highest BCUT2D eigenvalue weighted by Gasteiger charge is 2.21. The number of benzene rings is 2. The Balaban J connectivity index is 1.74. The number of fused-ring (bicyclic) bond motifs is 1. The van der Waals surface area contributed by atoms with Crippen LogP contribution in [0.2, 0.25) is 0 Å². The van der Waals surface area contributed by atoms with Crippen LogP contribution in [0.4, 0.5) is 24.5 Å². The molecule has 130 valence electrons. The van der Waals surface area contributed by atoms with Crippen molar-refractivity contribution in [3.63, 3.8) is 0 Å². The van der Waals surface area contributed by atoms with E-state index in [9.17, 15) is 22.8 Å². The number of hydrogen-bond acceptors (Lipinski definition) is 2. The van der Waals surface area contributed by atoms with Crippen molar-refractivity contribution >= 4 is 23.2 Å². The number of anilines is 2. The highest BCUT2D eigenvalue weighted by atomic mass is 19.2. The lowest BCUT2D eigenvalue weighted by molar-refractivity contribution is -0.118. The molecule has 0 unspecified atom stereocenters. The molecular weight excluding hydrogens is 333 g/mol. The average Bonchev–Trinajstić information content (AvgIpc) is 2.59. The van der Waals surface area contributed by atoms with Crippen LogP contribution in [-0.2, 0) is 22.4 Å². The van der Waals surface area contributed by atoms with E-state index in [2.05, 4.69) is 5.32 Å². The molecule has 0 spiro atoms. The van der Waals surface area contributed by atoms with E-state index in [-0.39, 0.29) is 12.3 Å². The molecular formula is C18H15F3N2O2. The van der Waals surface area contributed by atoms with Gasteiger partial charge in [-0.3, -0.25) is 9.59 Å². The predicted molar refractivity (Wildman–Crippen MR) is 86.8 cm³/mol. The minimum atomic E-state index is -1.63. The summed E-state index contributed by atoms with van der Waals surface area (Å²) < 4.78 is 39.7. The predicted octanol–water partition coefficient (Wildman–Crippen LogP) is 3.19. The fraction of sp³-hybridized carbons (Fsp3) is 0.222. The number of nitrogens with zero attached hydrogens (tertiary/aromatic N) is 1. The third-order valence-electron chi connectivity index (χ3n) is 4.16. The number of halogens is 3. The second-order valence-electron chi connectivity index (χ2n) is 5.86. The van der Waals surface area contributed by atoms with E-state index in [1.165, 1.54) is 0 Å². The van der Waals surface area contributed by atoms with Gasteiger partial charge in [-0.05, 0) is 35.7 Å². The Morgan fingerprint density at radius 2 is 1.88 bits per heavy atom. The quantitative estimate of drug-likeness (QED) is 0.866. The minimum absolute atomic E-state index is 0.0341. The van der Waals surface area contributed by atoms with E-state index in [1.807, 2.05) is 6.07 Å². The molecule has 0 aliphatic carbocycles. The molecule has 2 amide bonds. The fourth-order valence-electron chi connectivity index (χ4n) is 2.82. The molecule has 2 aromatic carbocycles. The van der Waals surface area contributed by atoms with Crippen LogP contribution in [-0.4, -0.2) is 18.9 Å². The number of amides is 2. The summed E-state index contributed by atoms with van der Waals surface area (Å²) in [5.41, 5.74) is 2.02. The third kappa shape index (κ3) is 3.35. The van der Waals surface area contributed by atoms with Gasteiger partial charge in [-0.2, -0.15) is 0 Å². The van der Waals surface area contributed by atoms with Crippen LogP contribution in [0.1, 0.15) is 17.5 Å². The van der Waals surface area contributed by atoms with Gasteiger partial charge in [-0.15, -0.1) is 0 Å². The molecule has 1 N–H and O–H groups in total. The number of aryl methyl sites for hydroxylation is 1. The van der Waals surface area contributed by atoms with E-state index < -0.39 is 29.0 Å². The number of hydrogen-bond donors (Lipinski definition) is 1. The highest BCUT2D eigenvalue weighted by Crippen LogP contribution is 2.28. The van der Waals surface area contributed by atoms with Crippen LogP contribution in [0.25, 0.3) is 0 Å². The van der Waals surface area contributed by atoms with Crippen molar-refractivity contribution in [3.8, 4) is 0 Å². The summed E-state index contributed by atoms with van der Waals surface area (Å²) in [4.78, 5) is 25.3. The standard InChI is InChI=1S/C18H15F3N2O2/c1-23-14-6-2-10(8-11(14)3-7-16(23)25)9-15(24)22-13-5-4-12(19)17(20)18(13)21/h2,4-6,8H,3,7,9H2,1H3,(H,22,24). The van der Waals surface area contributed by atoms with Crippen molar-refractivity contribution in [1.82, 2.24) is 0 Å². The van der Waals surface area contributed by atoms with Gasteiger partial charge in [-0.25, -0.2) is 13.2 Å². The van der Waals surface area contributed by atoms with Gasteiger partial charge in [0.05, 0.1) is 12.1 Å². The maximum absolute atomic E-state index is 13.6. The molecule has 25 heavy (non-hydrogen) atoms. The first-order chi connectivity index (χ1) is 11.9. The van der Waals surface area contributed by atoms with Crippen molar-refractivity contribution in [2.45, 2.75) is 19.3 Å².